The average molecular weight is 355 g/mol. The van der Waals surface area contributed by atoms with Crippen LogP contribution in [0.1, 0.15) is 46.5 Å². The molecule has 132 valence electrons. The number of aliphatic carboxylic acids is 1. The molecule has 6 nitrogen and oxygen atoms in total. The number of carboxylic acids is 1. The van der Waals surface area contributed by atoms with Gasteiger partial charge in [-0.25, -0.2) is 0 Å². The summed E-state index contributed by atoms with van der Waals surface area (Å²) in [6.45, 7) is 5.33. The van der Waals surface area contributed by atoms with Gasteiger partial charge in [0, 0.05) is 18.5 Å². The van der Waals surface area contributed by atoms with Crippen LogP contribution in [0.4, 0.5) is 11.4 Å². The van der Waals surface area contributed by atoms with Crippen LogP contribution in [0, 0.1) is 5.41 Å². The second kappa shape index (κ2) is 8.68. The van der Waals surface area contributed by atoms with Crippen LogP contribution in [0.15, 0.2) is 18.2 Å². The molecule has 0 radical (unpaired) electrons. The average Bonchev–Trinajstić information content (AvgIpc) is 2.40. The summed E-state index contributed by atoms with van der Waals surface area (Å²) in [5.74, 6) is -1.40. The van der Waals surface area contributed by atoms with E-state index in [1.165, 1.54) is 0 Å². The Hall–Kier alpha value is -2.08. The molecule has 0 unspecified atom stereocenters. The molecule has 0 aliphatic carbocycles. The second-order valence-electron chi connectivity index (χ2n) is 6.45. The molecule has 0 atom stereocenters. The third-order valence-corrected chi connectivity index (χ3v) is 3.60. The molecule has 1 aromatic rings. The van der Waals surface area contributed by atoms with Crippen LogP contribution in [0.2, 0.25) is 5.02 Å². The van der Waals surface area contributed by atoms with E-state index in [0.717, 1.165) is 6.42 Å². The van der Waals surface area contributed by atoms with Crippen LogP contribution in [0.25, 0.3) is 0 Å². The molecule has 0 spiro atoms. The zero-order valence-corrected chi connectivity index (χ0v) is 14.9. The van der Waals surface area contributed by atoms with E-state index >= 15 is 0 Å². The van der Waals surface area contributed by atoms with Crippen molar-refractivity contribution in [2.75, 3.05) is 10.6 Å². The maximum absolute atomic E-state index is 12.1. The maximum atomic E-state index is 12.1. The molecule has 2 amide bonds. The van der Waals surface area contributed by atoms with Gasteiger partial charge in [0.15, 0.2) is 0 Å². The first kappa shape index (κ1) is 20.0. The number of hydrogen-bond acceptors (Lipinski definition) is 3. The molecule has 0 heterocycles. The smallest absolute Gasteiger partial charge is 0.303 e. The molecule has 0 saturated carbocycles. The fraction of sp³-hybridized carbons (Fsp3) is 0.471. The van der Waals surface area contributed by atoms with Crippen molar-refractivity contribution in [1.82, 2.24) is 0 Å². The molecule has 0 aromatic heterocycles. The Balaban J connectivity index is 2.77. The number of nitrogens with one attached hydrogen (secondary N) is 2. The van der Waals surface area contributed by atoms with Gasteiger partial charge >= 0.3 is 5.97 Å². The highest BCUT2D eigenvalue weighted by Gasteiger charge is 2.25. The van der Waals surface area contributed by atoms with E-state index in [0.29, 0.717) is 22.8 Å². The summed E-state index contributed by atoms with van der Waals surface area (Å²) < 4.78 is 0. The largest absolute Gasteiger partial charge is 0.481 e. The van der Waals surface area contributed by atoms with Gasteiger partial charge in [-0.2, -0.15) is 0 Å². The predicted octanol–water partition coefficient (Wildman–Crippen LogP) is 3.91. The number of rotatable bonds is 8. The molecule has 0 aliphatic heterocycles. The number of anilines is 2. The van der Waals surface area contributed by atoms with E-state index < -0.39 is 11.4 Å². The molecule has 7 heteroatoms. The third kappa shape index (κ3) is 7.00. The first-order chi connectivity index (χ1) is 11.1. The van der Waals surface area contributed by atoms with E-state index in [9.17, 15) is 14.4 Å². The quantitative estimate of drug-likeness (QED) is 0.659. The number of hydrogen-bond donors (Lipinski definition) is 3. The molecule has 0 saturated heterocycles. The number of carbonyl (C=O) groups excluding carboxylic acids is 2. The Morgan fingerprint density at radius 2 is 1.79 bits per heavy atom. The number of amides is 2. The van der Waals surface area contributed by atoms with Crippen molar-refractivity contribution in [3.63, 3.8) is 0 Å². The summed E-state index contributed by atoms with van der Waals surface area (Å²) in [7, 11) is 0. The number of carbonyl (C=O) groups is 3. The van der Waals surface area contributed by atoms with Crippen LogP contribution in [-0.2, 0) is 14.4 Å². The molecular formula is C17H23ClN2O4. The summed E-state index contributed by atoms with van der Waals surface area (Å²) in [6, 6.07) is 4.82. The first-order valence-electron chi connectivity index (χ1n) is 7.74. The molecule has 0 fully saturated rings. The van der Waals surface area contributed by atoms with E-state index in [-0.39, 0.29) is 24.7 Å². The molecule has 3 N–H and O–H groups in total. The molecular weight excluding hydrogens is 332 g/mol. The second-order valence-corrected chi connectivity index (χ2v) is 6.86. The van der Waals surface area contributed by atoms with Crippen LogP contribution < -0.4 is 10.6 Å². The number of halogens is 1. The zero-order valence-electron chi connectivity index (χ0n) is 14.1. The monoisotopic (exact) mass is 354 g/mol. The minimum Gasteiger partial charge on any atom is -0.481 e. The van der Waals surface area contributed by atoms with Crippen molar-refractivity contribution >= 4 is 40.8 Å². The predicted molar refractivity (Wildman–Crippen MR) is 94.3 cm³/mol. The van der Waals surface area contributed by atoms with E-state index in [2.05, 4.69) is 10.6 Å². The fourth-order valence-electron chi connectivity index (χ4n) is 2.25. The van der Waals surface area contributed by atoms with Crippen LogP contribution in [-0.4, -0.2) is 22.9 Å². The molecule has 1 aromatic carbocycles. The zero-order chi connectivity index (χ0) is 18.3. The summed E-state index contributed by atoms with van der Waals surface area (Å²) in [4.78, 5) is 34.6. The molecule has 0 aliphatic rings. The van der Waals surface area contributed by atoms with E-state index in [1.807, 2.05) is 6.92 Å². The van der Waals surface area contributed by atoms with Crippen LogP contribution >= 0.6 is 11.6 Å². The van der Waals surface area contributed by atoms with Gasteiger partial charge in [0.25, 0.3) is 0 Å². The summed E-state index contributed by atoms with van der Waals surface area (Å²) >= 11 is 6.07. The highest BCUT2D eigenvalue weighted by atomic mass is 35.5. The minimum absolute atomic E-state index is 0.0437. The van der Waals surface area contributed by atoms with Crippen molar-refractivity contribution in [2.24, 2.45) is 5.41 Å². The van der Waals surface area contributed by atoms with Crippen molar-refractivity contribution in [1.29, 1.82) is 0 Å². The molecule has 0 bridgehead atoms. The number of carboxylic acid groups (broad SMARTS) is 1. The summed E-state index contributed by atoms with van der Waals surface area (Å²) in [6.07, 6.45) is 1.08. The normalized spacial score (nSPS) is 11.0. The lowest BCUT2D eigenvalue weighted by Crippen LogP contribution is -2.25. The van der Waals surface area contributed by atoms with Gasteiger partial charge in [-0.1, -0.05) is 32.4 Å². The van der Waals surface area contributed by atoms with Gasteiger partial charge in [0.05, 0.1) is 17.1 Å². The SMILES string of the molecule is CCCC(=O)Nc1ccc(Cl)c(NC(=O)CC(C)(C)CC(=O)O)c1. The van der Waals surface area contributed by atoms with Gasteiger partial charge in [-0.15, -0.1) is 0 Å². The van der Waals surface area contributed by atoms with Gasteiger partial charge in [0.1, 0.15) is 0 Å². The van der Waals surface area contributed by atoms with Gasteiger partial charge < -0.3 is 15.7 Å². The first-order valence-corrected chi connectivity index (χ1v) is 8.12. The van der Waals surface area contributed by atoms with Crippen molar-refractivity contribution in [3.05, 3.63) is 23.2 Å². The van der Waals surface area contributed by atoms with Crippen molar-refractivity contribution < 1.29 is 19.5 Å². The number of benzene rings is 1. The van der Waals surface area contributed by atoms with E-state index in [1.54, 1.807) is 32.0 Å². The Labute approximate surface area is 146 Å². The van der Waals surface area contributed by atoms with Gasteiger partial charge in [-0.05, 0) is 30.0 Å². The Morgan fingerprint density at radius 3 is 2.38 bits per heavy atom. The maximum Gasteiger partial charge on any atom is 0.303 e. The standard InChI is InChI=1S/C17H23ClN2O4/c1-4-5-14(21)19-11-6-7-12(18)13(8-11)20-15(22)9-17(2,3)10-16(23)24/h6-8H,4-5,9-10H2,1-3H3,(H,19,21)(H,20,22)(H,23,24). The van der Waals surface area contributed by atoms with Gasteiger partial charge in [0.2, 0.25) is 11.8 Å². The van der Waals surface area contributed by atoms with Crippen LogP contribution in [0.5, 0.6) is 0 Å². The Morgan fingerprint density at radius 1 is 1.12 bits per heavy atom. The van der Waals surface area contributed by atoms with Crippen molar-refractivity contribution in [3.8, 4) is 0 Å². The van der Waals surface area contributed by atoms with Crippen LogP contribution in [0.3, 0.4) is 0 Å². The Kier molecular flexibility index (Phi) is 7.22. The van der Waals surface area contributed by atoms with Crippen molar-refractivity contribution in [2.45, 2.75) is 46.5 Å². The lowest BCUT2D eigenvalue weighted by molar-refractivity contribution is -0.139. The van der Waals surface area contributed by atoms with E-state index in [4.69, 9.17) is 16.7 Å². The Bertz CT molecular complexity index is 629. The lowest BCUT2D eigenvalue weighted by atomic mass is 9.85. The summed E-state index contributed by atoms with van der Waals surface area (Å²) in [5, 5.41) is 14.6. The van der Waals surface area contributed by atoms with Gasteiger partial charge in [-0.3, -0.25) is 14.4 Å². The highest BCUT2D eigenvalue weighted by Crippen LogP contribution is 2.29. The highest BCUT2D eigenvalue weighted by molar-refractivity contribution is 6.33. The third-order valence-electron chi connectivity index (χ3n) is 3.27. The molecule has 24 heavy (non-hydrogen) atoms. The molecule has 1 rings (SSSR count). The topological polar surface area (TPSA) is 95.5 Å². The minimum atomic E-state index is -0.952. The summed E-state index contributed by atoms with van der Waals surface area (Å²) in [5.41, 5.74) is 0.245. The fourth-order valence-corrected chi connectivity index (χ4v) is 2.42. The lowest BCUT2D eigenvalue weighted by Gasteiger charge is -2.21.